The average Bonchev–Trinajstić information content (AvgIpc) is 2.89. The molecule has 0 radical (unpaired) electrons. The Morgan fingerprint density at radius 3 is 2.59 bits per heavy atom. The molecule has 3 amide bonds. The Bertz CT molecular complexity index is 879. The van der Waals surface area contributed by atoms with Crippen LogP contribution in [0.25, 0.3) is 0 Å². The molecule has 3 rings (SSSR count). The number of rotatable bonds is 6. The maximum atomic E-state index is 12.7. The van der Waals surface area contributed by atoms with Gasteiger partial charge in [0.05, 0.1) is 25.7 Å². The Morgan fingerprint density at radius 2 is 1.83 bits per heavy atom. The lowest BCUT2D eigenvalue weighted by atomic mass is 10.0. The summed E-state index contributed by atoms with van der Waals surface area (Å²) in [7, 11) is 1.20. The van der Waals surface area contributed by atoms with Crippen LogP contribution >= 0.6 is 11.3 Å². The van der Waals surface area contributed by atoms with E-state index >= 15 is 0 Å². The van der Waals surface area contributed by atoms with E-state index in [1.165, 1.54) is 18.4 Å². The molecular weight excluding hydrogens is 392 g/mol. The molecule has 0 atom stereocenters. The standard InChI is InChI=1S/C21H24N2O5S/c1-27-21(26)23-19(25)18-15-10-6-3-7-11-16(15)29-20(18)22-17(24)12-13-28-14-8-4-2-5-9-14/h2,4-5,8-9H,3,6-7,10-13H2,1H3,(H,22,24)(H,23,25,26). The summed E-state index contributed by atoms with van der Waals surface area (Å²) in [6.07, 6.45) is 4.06. The Kier molecular flexibility index (Phi) is 7.24. The van der Waals surface area contributed by atoms with Crippen LogP contribution in [0.1, 0.15) is 46.5 Å². The van der Waals surface area contributed by atoms with E-state index in [-0.39, 0.29) is 18.9 Å². The van der Waals surface area contributed by atoms with E-state index in [0.717, 1.165) is 42.5 Å². The third-order valence-electron chi connectivity index (χ3n) is 4.64. The number of nitrogens with one attached hydrogen (secondary N) is 2. The van der Waals surface area contributed by atoms with E-state index in [4.69, 9.17) is 4.74 Å². The van der Waals surface area contributed by atoms with Gasteiger partial charge in [-0.1, -0.05) is 24.6 Å². The number of fused-ring (bicyclic) bond motifs is 1. The lowest BCUT2D eigenvalue weighted by molar-refractivity contribution is -0.116. The first-order valence-corrected chi connectivity index (χ1v) is 10.4. The molecule has 0 bridgehead atoms. The highest BCUT2D eigenvalue weighted by Crippen LogP contribution is 2.37. The minimum Gasteiger partial charge on any atom is -0.493 e. The third kappa shape index (κ3) is 5.57. The first kappa shape index (κ1) is 20.9. The van der Waals surface area contributed by atoms with Gasteiger partial charge >= 0.3 is 6.09 Å². The second-order valence-electron chi connectivity index (χ2n) is 6.67. The van der Waals surface area contributed by atoms with Gasteiger partial charge in [0.2, 0.25) is 5.91 Å². The second kappa shape index (κ2) is 10.1. The highest BCUT2D eigenvalue weighted by molar-refractivity contribution is 7.17. The molecule has 0 spiro atoms. The number of ether oxygens (including phenoxy) is 2. The van der Waals surface area contributed by atoms with Gasteiger partial charge in [0.1, 0.15) is 10.8 Å². The van der Waals surface area contributed by atoms with Crippen LogP contribution in [0, 0.1) is 0 Å². The largest absolute Gasteiger partial charge is 0.493 e. The molecule has 2 N–H and O–H groups in total. The van der Waals surface area contributed by atoms with Gasteiger partial charge in [-0.25, -0.2) is 4.79 Å². The number of carbonyl (C=O) groups is 3. The van der Waals surface area contributed by atoms with Gasteiger partial charge in [0, 0.05) is 4.88 Å². The van der Waals surface area contributed by atoms with Crippen LogP contribution < -0.4 is 15.4 Å². The lowest BCUT2D eigenvalue weighted by Crippen LogP contribution is -2.31. The second-order valence-corrected chi connectivity index (χ2v) is 7.78. The number of carbonyl (C=O) groups excluding carboxylic acids is 3. The monoisotopic (exact) mass is 416 g/mol. The van der Waals surface area contributed by atoms with Crippen molar-refractivity contribution in [1.29, 1.82) is 0 Å². The fraction of sp³-hybridized carbons (Fsp3) is 0.381. The predicted molar refractivity (Wildman–Crippen MR) is 111 cm³/mol. The molecule has 154 valence electrons. The van der Waals surface area contributed by atoms with Crippen LogP contribution in [0.2, 0.25) is 0 Å². The van der Waals surface area contributed by atoms with Crippen molar-refractivity contribution < 1.29 is 23.9 Å². The summed E-state index contributed by atoms with van der Waals surface area (Å²) >= 11 is 1.41. The van der Waals surface area contributed by atoms with Crippen molar-refractivity contribution in [1.82, 2.24) is 5.32 Å². The van der Waals surface area contributed by atoms with Gasteiger partial charge < -0.3 is 14.8 Å². The predicted octanol–water partition coefficient (Wildman–Crippen LogP) is 3.92. The number of aryl methyl sites for hydroxylation is 1. The minimum atomic E-state index is -0.822. The number of benzene rings is 1. The molecule has 1 aliphatic rings. The van der Waals surface area contributed by atoms with Crippen LogP contribution in [0.15, 0.2) is 30.3 Å². The fourth-order valence-corrected chi connectivity index (χ4v) is 4.55. The van der Waals surface area contributed by atoms with E-state index in [2.05, 4.69) is 15.4 Å². The average molecular weight is 416 g/mol. The number of amides is 3. The molecule has 7 nitrogen and oxygen atoms in total. The van der Waals surface area contributed by atoms with E-state index in [9.17, 15) is 14.4 Å². The summed E-state index contributed by atoms with van der Waals surface area (Å²) in [6.45, 7) is 0.227. The minimum absolute atomic E-state index is 0.148. The Balaban J connectivity index is 1.70. The zero-order chi connectivity index (χ0) is 20.6. The number of methoxy groups -OCH3 is 1. The molecule has 29 heavy (non-hydrogen) atoms. The topological polar surface area (TPSA) is 93.7 Å². The van der Waals surface area contributed by atoms with Crippen LogP contribution in [0.3, 0.4) is 0 Å². The molecule has 8 heteroatoms. The number of para-hydroxylation sites is 1. The van der Waals surface area contributed by atoms with Crippen molar-refractivity contribution in [3.63, 3.8) is 0 Å². The maximum absolute atomic E-state index is 12.7. The number of thiophene rings is 1. The number of alkyl carbamates (subject to hydrolysis) is 1. The molecule has 0 unspecified atom stereocenters. The first-order chi connectivity index (χ1) is 14.1. The summed E-state index contributed by atoms with van der Waals surface area (Å²) in [5, 5.41) is 5.52. The first-order valence-electron chi connectivity index (χ1n) is 9.60. The summed E-state index contributed by atoms with van der Waals surface area (Å²) in [5.41, 5.74) is 1.29. The highest BCUT2D eigenvalue weighted by atomic mass is 32.1. The van der Waals surface area contributed by atoms with Crippen molar-refractivity contribution in [3.8, 4) is 5.75 Å². The van der Waals surface area contributed by atoms with Gasteiger partial charge in [0.25, 0.3) is 5.91 Å². The van der Waals surface area contributed by atoms with Gasteiger partial charge in [-0.3, -0.25) is 14.9 Å². The summed E-state index contributed by atoms with van der Waals surface area (Å²) in [5.74, 6) is -0.0992. The molecule has 1 aromatic heterocycles. The normalized spacial score (nSPS) is 13.0. The smallest absolute Gasteiger partial charge is 0.413 e. The molecule has 0 aliphatic heterocycles. The quantitative estimate of drug-likeness (QED) is 0.696. The van der Waals surface area contributed by atoms with Crippen molar-refractivity contribution in [2.24, 2.45) is 0 Å². The van der Waals surface area contributed by atoms with E-state index in [0.29, 0.717) is 16.3 Å². The van der Waals surface area contributed by atoms with Gasteiger partial charge in [-0.05, 0) is 43.4 Å². The summed E-state index contributed by atoms with van der Waals surface area (Å²) in [4.78, 5) is 37.7. The van der Waals surface area contributed by atoms with E-state index in [1.807, 2.05) is 30.3 Å². The zero-order valence-electron chi connectivity index (χ0n) is 16.3. The number of hydrogen-bond acceptors (Lipinski definition) is 6. The van der Waals surface area contributed by atoms with Crippen molar-refractivity contribution >= 4 is 34.2 Å². The third-order valence-corrected chi connectivity index (χ3v) is 5.85. The van der Waals surface area contributed by atoms with E-state index < -0.39 is 12.0 Å². The number of imide groups is 1. The van der Waals surface area contributed by atoms with Crippen LogP contribution in [0.5, 0.6) is 5.75 Å². The van der Waals surface area contributed by atoms with Gasteiger partial charge in [0.15, 0.2) is 0 Å². The lowest BCUT2D eigenvalue weighted by Gasteiger charge is -2.09. The van der Waals surface area contributed by atoms with Crippen LogP contribution in [-0.2, 0) is 22.4 Å². The summed E-state index contributed by atoms with van der Waals surface area (Å²) in [6, 6.07) is 9.26. The molecule has 1 aliphatic carbocycles. The Morgan fingerprint density at radius 1 is 1.07 bits per heavy atom. The summed E-state index contributed by atoms with van der Waals surface area (Å²) < 4.78 is 10.1. The zero-order valence-corrected chi connectivity index (χ0v) is 17.1. The van der Waals surface area contributed by atoms with Gasteiger partial charge in [-0.2, -0.15) is 0 Å². The fourth-order valence-electron chi connectivity index (χ4n) is 3.24. The van der Waals surface area contributed by atoms with Gasteiger partial charge in [-0.15, -0.1) is 11.3 Å². The van der Waals surface area contributed by atoms with E-state index in [1.54, 1.807) is 0 Å². The molecule has 0 saturated carbocycles. The van der Waals surface area contributed by atoms with Crippen molar-refractivity contribution in [3.05, 3.63) is 46.3 Å². The van der Waals surface area contributed by atoms with Crippen LogP contribution in [-0.4, -0.2) is 31.6 Å². The highest BCUT2D eigenvalue weighted by Gasteiger charge is 2.26. The van der Waals surface area contributed by atoms with Crippen molar-refractivity contribution in [2.45, 2.75) is 38.5 Å². The number of anilines is 1. The maximum Gasteiger partial charge on any atom is 0.413 e. The van der Waals surface area contributed by atoms with Crippen LogP contribution in [0.4, 0.5) is 9.80 Å². The molecule has 1 aromatic carbocycles. The molecule has 2 aromatic rings. The molecule has 1 heterocycles. The Hall–Kier alpha value is -2.87. The molecular formula is C21H24N2O5S. The molecule has 0 fully saturated rings. The molecule has 0 saturated heterocycles. The SMILES string of the molecule is COC(=O)NC(=O)c1c(NC(=O)CCOc2ccccc2)sc2c1CCCCC2. The van der Waals surface area contributed by atoms with Crippen molar-refractivity contribution in [2.75, 3.05) is 19.0 Å². The Labute approximate surface area is 173 Å². The number of hydrogen-bond donors (Lipinski definition) is 2.